The van der Waals surface area contributed by atoms with Gasteiger partial charge >= 0.3 is 0 Å². The second-order valence-electron chi connectivity index (χ2n) is 6.15. The van der Waals surface area contributed by atoms with Crippen LogP contribution >= 0.6 is 0 Å². The molecule has 0 aliphatic heterocycles. The van der Waals surface area contributed by atoms with Crippen LogP contribution in [0.3, 0.4) is 0 Å². The average Bonchev–Trinajstić information content (AvgIpc) is 1.94. The Bertz CT molecular complexity index is 219. The molecule has 2 heteroatoms. The Morgan fingerprint density at radius 3 is 2.14 bits per heavy atom. The van der Waals surface area contributed by atoms with Gasteiger partial charge in [-0.05, 0) is 30.1 Å². The van der Waals surface area contributed by atoms with Gasteiger partial charge in [0.1, 0.15) is 0 Å². The van der Waals surface area contributed by atoms with Crippen molar-refractivity contribution >= 4 is 0 Å². The van der Waals surface area contributed by atoms with Gasteiger partial charge in [-0.25, -0.2) is 0 Å². The second kappa shape index (κ2) is 3.90. The zero-order valence-corrected chi connectivity index (χ0v) is 9.85. The van der Waals surface area contributed by atoms with Gasteiger partial charge < -0.3 is 5.32 Å². The highest BCUT2D eigenvalue weighted by Gasteiger charge is 2.37. The van der Waals surface area contributed by atoms with Crippen molar-refractivity contribution in [1.29, 1.82) is 5.26 Å². The van der Waals surface area contributed by atoms with E-state index in [0.29, 0.717) is 23.4 Å². The molecule has 2 nitrogen and oxygen atoms in total. The molecule has 0 aromatic carbocycles. The van der Waals surface area contributed by atoms with Gasteiger partial charge in [0.25, 0.3) is 0 Å². The van der Waals surface area contributed by atoms with Crippen molar-refractivity contribution in [3.63, 3.8) is 0 Å². The predicted octanol–water partition coefficient (Wildman–Crippen LogP) is 2.70. The van der Waals surface area contributed by atoms with Crippen LogP contribution in [0.5, 0.6) is 0 Å². The molecule has 0 aromatic heterocycles. The maximum atomic E-state index is 8.54. The van der Waals surface area contributed by atoms with E-state index in [9.17, 15) is 0 Å². The fourth-order valence-corrected chi connectivity index (χ4v) is 3.18. The van der Waals surface area contributed by atoms with Crippen molar-refractivity contribution in [3.8, 4) is 6.07 Å². The lowest BCUT2D eigenvalue weighted by atomic mass is 9.63. The van der Waals surface area contributed by atoms with Crippen molar-refractivity contribution in [1.82, 2.24) is 5.32 Å². The summed E-state index contributed by atoms with van der Waals surface area (Å²) in [6.07, 6.45) is 3.67. The predicted molar refractivity (Wildman–Crippen MR) is 58.8 cm³/mol. The first-order valence-electron chi connectivity index (χ1n) is 5.45. The third kappa shape index (κ3) is 3.31. The molecule has 0 unspecified atom stereocenters. The van der Waals surface area contributed by atoms with E-state index in [4.69, 9.17) is 5.26 Å². The summed E-state index contributed by atoms with van der Waals surface area (Å²) in [5, 5.41) is 11.9. The first-order chi connectivity index (χ1) is 6.35. The summed E-state index contributed by atoms with van der Waals surface area (Å²) >= 11 is 0. The van der Waals surface area contributed by atoms with Crippen LogP contribution in [0.1, 0.15) is 47.0 Å². The lowest BCUT2D eigenvalue weighted by Crippen LogP contribution is -2.43. The molecule has 1 N–H and O–H groups in total. The van der Waals surface area contributed by atoms with Crippen LogP contribution in [0.4, 0.5) is 0 Å². The molecule has 0 aromatic rings. The van der Waals surface area contributed by atoms with Crippen molar-refractivity contribution in [3.05, 3.63) is 0 Å². The van der Waals surface area contributed by atoms with Crippen molar-refractivity contribution in [2.45, 2.75) is 53.0 Å². The van der Waals surface area contributed by atoms with Crippen molar-refractivity contribution in [2.75, 3.05) is 6.54 Å². The van der Waals surface area contributed by atoms with Crippen LogP contribution in [0.2, 0.25) is 0 Å². The smallest absolute Gasteiger partial charge is 0.0843 e. The lowest BCUT2D eigenvalue weighted by Gasteiger charge is -2.45. The monoisotopic (exact) mass is 194 g/mol. The van der Waals surface area contributed by atoms with E-state index < -0.39 is 0 Å². The molecule has 14 heavy (non-hydrogen) atoms. The van der Waals surface area contributed by atoms with Gasteiger partial charge in [0, 0.05) is 6.04 Å². The van der Waals surface area contributed by atoms with E-state index in [1.54, 1.807) is 0 Å². The molecule has 1 rings (SSSR count). The van der Waals surface area contributed by atoms with Crippen LogP contribution in [0.25, 0.3) is 0 Å². The summed E-state index contributed by atoms with van der Waals surface area (Å²) in [5.41, 5.74) is 0.823. The molecule has 0 radical (unpaired) electrons. The third-order valence-corrected chi connectivity index (χ3v) is 3.02. The fourth-order valence-electron chi connectivity index (χ4n) is 3.18. The normalized spacial score (nSPS) is 25.6. The molecule has 0 saturated heterocycles. The molecule has 80 valence electrons. The number of nitriles is 1. The molecule has 1 aliphatic carbocycles. The first-order valence-corrected chi connectivity index (χ1v) is 5.45. The zero-order valence-electron chi connectivity index (χ0n) is 9.85. The summed E-state index contributed by atoms with van der Waals surface area (Å²) in [4.78, 5) is 0. The Hall–Kier alpha value is -0.550. The SMILES string of the molecule is CC1(C)CC(NCC#N)CC(C)(C)C1. The summed E-state index contributed by atoms with van der Waals surface area (Å²) in [6, 6.07) is 2.68. The highest BCUT2D eigenvalue weighted by molar-refractivity contribution is 4.93. The summed E-state index contributed by atoms with van der Waals surface area (Å²) < 4.78 is 0. The Morgan fingerprint density at radius 1 is 1.21 bits per heavy atom. The lowest BCUT2D eigenvalue weighted by molar-refractivity contribution is 0.0867. The van der Waals surface area contributed by atoms with Gasteiger partial charge in [-0.1, -0.05) is 27.7 Å². The van der Waals surface area contributed by atoms with Crippen LogP contribution < -0.4 is 5.32 Å². The minimum Gasteiger partial charge on any atom is -0.302 e. The van der Waals surface area contributed by atoms with Gasteiger partial charge in [0.15, 0.2) is 0 Å². The van der Waals surface area contributed by atoms with E-state index in [0.717, 1.165) is 0 Å². The molecule has 0 spiro atoms. The maximum absolute atomic E-state index is 8.54. The van der Waals surface area contributed by atoms with E-state index in [-0.39, 0.29) is 0 Å². The minimum atomic E-state index is 0.412. The summed E-state index contributed by atoms with van der Waals surface area (Å²) in [5.74, 6) is 0. The van der Waals surface area contributed by atoms with E-state index in [2.05, 4.69) is 39.1 Å². The quantitative estimate of drug-likeness (QED) is 0.686. The van der Waals surface area contributed by atoms with Gasteiger partial charge in [0.2, 0.25) is 0 Å². The van der Waals surface area contributed by atoms with Crippen LogP contribution in [0.15, 0.2) is 0 Å². The van der Waals surface area contributed by atoms with Gasteiger partial charge in [-0.3, -0.25) is 0 Å². The van der Waals surface area contributed by atoms with Crippen molar-refractivity contribution < 1.29 is 0 Å². The Kier molecular flexibility index (Phi) is 3.21. The largest absolute Gasteiger partial charge is 0.302 e. The van der Waals surface area contributed by atoms with Crippen LogP contribution in [0, 0.1) is 22.2 Å². The van der Waals surface area contributed by atoms with Crippen LogP contribution in [-0.2, 0) is 0 Å². The number of rotatable bonds is 2. The van der Waals surface area contributed by atoms with E-state index >= 15 is 0 Å². The maximum Gasteiger partial charge on any atom is 0.0843 e. The second-order valence-corrected chi connectivity index (χ2v) is 6.15. The number of nitrogens with one attached hydrogen (secondary N) is 1. The molecule has 1 aliphatic rings. The molecule has 0 amide bonds. The van der Waals surface area contributed by atoms with Crippen LogP contribution in [-0.4, -0.2) is 12.6 Å². The molecular weight excluding hydrogens is 172 g/mol. The van der Waals surface area contributed by atoms with E-state index in [1.807, 2.05) is 0 Å². The Balaban J connectivity index is 2.58. The molecule has 0 atom stereocenters. The highest BCUT2D eigenvalue weighted by Crippen LogP contribution is 2.45. The first kappa shape index (κ1) is 11.5. The summed E-state index contributed by atoms with van der Waals surface area (Å²) in [7, 11) is 0. The molecular formula is C12H22N2. The summed E-state index contributed by atoms with van der Waals surface area (Å²) in [6.45, 7) is 9.80. The van der Waals surface area contributed by atoms with Crippen molar-refractivity contribution in [2.24, 2.45) is 10.8 Å². The Labute approximate surface area is 87.7 Å². The third-order valence-electron chi connectivity index (χ3n) is 3.02. The number of nitrogens with zero attached hydrogens (tertiary/aromatic N) is 1. The molecule has 0 heterocycles. The molecule has 1 fully saturated rings. The standard InChI is InChI=1S/C12H22N2/c1-11(2)7-10(14-6-5-13)8-12(3,4)9-11/h10,14H,6-9H2,1-4H3. The topological polar surface area (TPSA) is 35.8 Å². The minimum absolute atomic E-state index is 0.412. The fraction of sp³-hybridized carbons (Fsp3) is 0.917. The Morgan fingerprint density at radius 2 is 1.71 bits per heavy atom. The number of hydrogen-bond acceptors (Lipinski definition) is 2. The highest BCUT2D eigenvalue weighted by atomic mass is 14.9. The van der Waals surface area contributed by atoms with Gasteiger partial charge in [-0.15, -0.1) is 0 Å². The molecule has 0 bridgehead atoms. The number of hydrogen-bond donors (Lipinski definition) is 1. The van der Waals surface area contributed by atoms with Gasteiger partial charge in [0.05, 0.1) is 12.6 Å². The average molecular weight is 194 g/mol. The molecule has 1 saturated carbocycles. The van der Waals surface area contributed by atoms with Gasteiger partial charge in [-0.2, -0.15) is 5.26 Å². The van der Waals surface area contributed by atoms with E-state index in [1.165, 1.54) is 19.3 Å². The zero-order chi connectivity index (χ0) is 10.8.